The summed E-state index contributed by atoms with van der Waals surface area (Å²) in [6.07, 6.45) is 2.57. The number of thioether (sulfide) groups is 1. The Bertz CT molecular complexity index is 1560. The number of hydrogen-bond acceptors (Lipinski definition) is 9. The van der Waals surface area contributed by atoms with Crippen LogP contribution in [-0.4, -0.2) is 35.5 Å². The van der Waals surface area contributed by atoms with Gasteiger partial charge in [-0.1, -0.05) is 13.8 Å². The molecule has 0 aliphatic carbocycles. The molecule has 0 aliphatic rings. The molecule has 0 saturated carbocycles. The minimum Gasteiger partial charge on any atom is -0.353 e. The highest BCUT2D eigenvalue weighted by atomic mass is 127. The summed E-state index contributed by atoms with van der Waals surface area (Å²) < 4.78 is 2.13. The monoisotopic (exact) mass is 676 g/mol. The Labute approximate surface area is 246 Å². The van der Waals surface area contributed by atoms with E-state index in [0.29, 0.717) is 23.8 Å². The maximum atomic E-state index is 4.90. The summed E-state index contributed by atoms with van der Waals surface area (Å²) in [7, 11) is 0. The van der Waals surface area contributed by atoms with Crippen LogP contribution in [0, 0.1) is 27.7 Å². The minimum absolute atomic E-state index is 0.484. The lowest BCUT2D eigenvalue weighted by Gasteiger charge is -2.14. The van der Waals surface area contributed by atoms with Crippen LogP contribution >= 0.6 is 51.5 Å². The van der Waals surface area contributed by atoms with Crippen molar-refractivity contribution in [2.45, 2.75) is 46.4 Å². The van der Waals surface area contributed by atoms with E-state index in [9.17, 15) is 0 Å². The van der Waals surface area contributed by atoms with Crippen molar-refractivity contribution < 1.29 is 0 Å². The molecule has 2 N–H and O–H groups in total. The van der Waals surface area contributed by atoms with E-state index in [1.54, 1.807) is 23.1 Å². The van der Waals surface area contributed by atoms with Crippen LogP contribution in [0.5, 0.6) is 0 Å². The summed E-state index contributed by atoms with van der Waals surface area (Å²) in [6.45, 7) is 11.9. The van der Waals surface area contributed by atoms with Gasteiger partial charge in [-0.2, -0.15) is 0 Å². The molecule has 0 radical (unpaired) electrons. The Balaban J connectivity index is 0.00000164. The average Bonchev–Trinajstić information content (AvgIpc) is 3.47. The molecule has 198 valence electrons. The lowest BCUT2D eigenvalue weighted by Crippen LogP contribution is -2.02. The first kappa shape index (κ1) is 28.7. The number of aromatic nitrogens is 6. The third-order valence-corrected chi connectivity index (χ3v) is 9.37. The van der Waals surface area contributed by atoms with Gasteiger partial charge in [0.2, 0.25) is 0 Å². The average molecular weight is 677 g/mol. The van der Waals surface area contributed by atoms with Crippen LogP contribution in [0.25, 0.3) is 21.7 Å². The minimum atomic E-state index is 0.484. The van der Waals surface area contributed by atoms with Gasteiger partial charge in [-0.25, -0.2) is 24.9 Å². The van der Waals surface area contributed by atoms with Gasteiger partial charge >= 0.3 is 0 Å². The molecular weight excluding hydrogens is 646 g/mol. The number of nitrogens with one attached hydrogen (secondary N) is 2. The number of anilines is 4. The molecule has 38 heavy (non-hydrogen) atoms. The van der Waals surface area contributed by atoms with Gasteiger partial charge in [0.15, 0.2) is 5.65 Å². The fraction of sp³-hybridized carbons (Fsp3) is 0.269. The zero-order chi connectivity index (χ0) is 27.4. The summed E-state index contributed by atoms with van der Waals surface area (Å²) in [4.78, 5) is 24.4. The molecule has 4 aromatic heterocycles. The van der Waals surface area contributed by atoms with Gasteiger partial charge in [-0.05, 0) is 74.2 Å². The highest BCUT2D eigenvalue weighted by Gasteiger charge is 2.17. The number of aryl methyl sites for hydroxylation is 4. The van der Waals surface area contributed by atoms with E-state index in [2.05, 4.69) is 81.8 Å². The number of rotatable bonds is 7. The van der Waals surface area contributed by atoms with Crippen LogP contribution in [0.2, 0.25) is 0 Å². The number of hydrogen-bond donors (Lipinski definition) is 2. The van der Waals surface area contributed by atoms with Crippen molar-refractivity contribution in [3.8, 4) is 10.6 Å². The van der Waals surface area contributed by atoms with Gasteiger partial charge in [-0.15, -0.1) is 23.1 Å². The van der Waals surface area contributed by atoms with E-state index < -0.39 is 0 Å². The number of imidazole rings is 1. The van der Waals surface area contributed by atoms with E-state index in [-0.39, 0.29) is 0 Å². The predicted molar refractivity (Wildman–Crippen MR) is 173 cm³/mol. The SMILES string of the molecule is CC.CSc1cc(-c2nc(C)cs2)ccc1Nc1cc(Nc2cc(C)nc(C)n2)nc2c1nc(C)n2PI. The highest BCUT2D eigenvalue weighted by Crippen LogP contribution is 2.38. The summed E-state index contributed by atoms with van der Waals surface area (Å²) >= 11 is 5.73. The highest BCUT2D eigenvalue weighted by molar-refractivity contribution is 14.2. The first-order chi connectivity index (χ1) is 18.3. The van der Waals surface area contributed by atoms with Crippen LogP contribution in [0.4, 0.5) is 23.0 Å². The molecule has 5 aromatic rings. The lowest BCUT2D eigenvalue weighted by atomic mass is 10.2. The number of pyridine rings is 1. The molecule has 8 nitrogen and oxygen atoms in total. The van der Waals surface area contributed by atoms with Gasteiger partial charge in [-0.3, -0.25) is 4.34 Å². The smallest absolute Gasteiger partial charge is 0.168 e. The van der Waals surface area contributed by atoms with E-state index in [1.807, 2.05) is 53.7 Å². The molecule has 1 unspecified atom stereocenters. The molecule has 1 atom stereocenters. The first-order valence-electron chi connectivity index (χ1n) is 12.1. The Hall–Kier alpha value is -2.34. The summed E-state index contributed by atoms with van der Waals surface area (Å²) in [5.41, 5.74) is 6.62. The van der Waals surface area contributed by atoms with Crippen molar-refractivity contribution in [2.24, 2.45) is 0 Å². The molecule has 0 fully saturated rings. The van der Waals surface area contributed by atoms with Crippen molar-refractivity contribution in [3.05, 3.63) is 58.7 Å². The zero-order valence-electron chi connectivity index (χ0n) is 22.3. The van der Waals surface area contributed by atoms with Crippen LogP contribution in [-0.2, 0) is 0 Å². The Morgan fingerprint density at radius 1 is 0.868 bits per heavy atom. The summed E-state index contributed by atoms with van der Waals surface area (Å²) in [6, 6.07) is 10.3. The third kappa shape index (κ3) is 6.27. The van der Waals surface area contributed by atoms with Gasteiger partial charge in [0.05, 0.1) is 17.7 Å². The third-order valence-electron chi connectivity index (χ3n) is 5.43. The number of fused-ring (bicyclic) bond motifs is 1. The van der Waals surface area contributed by atoms with Gasteiger partial charge in [0.25, 0.3) is 0 Å². The number of halogens is 1. The second kappa shape index (κ2) is 12.7. The summed E-state index contributed by atoms with van der Waals surface area (Å²) in [5.74, 6) is 3.05. The molecule has 0 spiro atoms. The zero-order valence-corrected chi connectivity index (χ0v) is 27.1. The summed E-state index contributed by atoms with van der Waals surface area (Å²) in [5, 5.41) is 10.1. The first-order valence-corrected chi connectivity index (χ1v) is 18.2. The van der Waals surface area contributed by atoms with Crippen molar-refractivity contribution in [3.63, 3.8) is 0 Å². The number of thiazole rings is 1. The number of nitrogens with zero attached hydrogens (tertiary/aromatic N) is 6. The predicted octanol–water partition coefficient (Wildman–Crippen LogP) is 8.61. The molecular formula is C26H30IN8PS2. The molecule has 12 heteroatoms. The van der Waals surface area contributed by atoms with Crippen LogP contribution < -0.4 is 10.6 Å². The van der Waals surface area contributed by atoms with Crippen molar-refractivity contribution in [1.29, 1.82) is 0 Å². The molecule has 4 heterocycles. The fourth-order valence-electron chi connectivity index (χ4n) is 3.89. The Morgan fingerprint density at radius 3 is 2.29 bits per heavy atom. The molecule has 0 amide bonds. The fourth-order valence-corrected chi connectivity index (χ4v) is 7.41. The second-order valence-electron chi connectivity index (χ2n) is 8.21. The second-order valence-corrected chi connectivity index (χ2v) is 12.0. The molecule has 1 aromatic carbocycles. The van der Waals surface area contributed by atoms with Crippen LogP contribution in [0.3, 0.4) is 0 Å². The molecule has 0 aliphatic heterocycles. The van der Waals surface area contributed by atoms with Crippen LogP contribution in [0.15, 0.2) is 40.6 Å². The van der Waals surface area contributed by atoms with Crippen molar-refractivity contribution in [1.82, 2.24) is 29.3 Å². The normalized spacial score (nSPS) is 11.2. The van der Waals surface area contributed by atoms with E-state index in [1.165, 1.54) is 0 Å². The molecule has 5 rings (SSSR count). The van der Waals surface area contributed by atoms with E-state index in [0.717, 1.165) is 55.2 Å². The van der Waals surface area contributed by atoms with Gasteiger partial charge in [0.1, 0.15) is 33.8 Å². The van der Waals surface area contributed by atoms with Gasteiger partial charge in [0, 0.05) is 39.4 Å². The number of benzene rings is 1. The maximum Gasteiger partial charge on any atom is 0.168 e. The van der Waals surface area contributed by atoms with E-state index >= 15 is 0 Å². The lowest BCUT2D eigenvalue weighted by molar-refractivity contribution is 1.01. The largest absolute Gasteiger partial charge is 0.353 e. The topological polar surface area (TPSA) is 93.4 Å². The van der Waals surface area contributed by atoms with Gasteiger partial charge < -0.3 is 10.6 Å². The quantitative estimate of drug-likeness (QED) is 0.101. The Morgan fingerprint density at radius 2 is 1.63 bits per heavy atom. The van der Waals surface area contributed by atoms with E-state index in [4.69, 9.17) is 9.97 Å². The van der Waals surface area contributed by atoms with Crippen molar-refractivity contribution >= 4 is 85.7 Å². The molecule has 0 bridgehead atoms. The standard InChI is InChI=1S/C24H24IN8PS2.C2H6/c1-12-8-20(28-14(3)26-12)31-21-10-18(22-23(32-21)33(34-25)15(4)29-22)30-17-7-6-16(9-19(17)35-5)24-27-13(2)11-36-24;1-2/h6-11,34H,1-5H3,(H2,26,28,30,31,32);1-2H3. The molecule has 0 saturated heterocycles. The Kier molecular flexibility index (Phi) is 9.56. The van der Waals surface area contributed by atoms with Crippen LogP contribution in [0.1, 0.15) is 36.9 Å². The van der Waals surface area contributed by atoms with Crippen molar-refractivity contribution in [2.75, 3.05) is 16.9 Å². The maximum absolute atomic E-state index is 4.90.